The molecule has 0 heterocycles. The number of ether oxygens (including phenoxy) is 1. The molecule has 0 bridgehead atoms. The number of nitrogens with zero attached hydrogens (tertiary/aromatic N) is 1. The molecule has 2 unspecified atom stereocenters. The zero-order chi connectivity index (χ0) is 15.1. The van der Waals surface area contributed by atoms with Gasteiger partial charge in [0, 0.05) is 10.6 Å². The predicted molar refractivity (Wildman–Crippen MR) is 84.0 cm³/mol. The fourth-order valence-corrected chi connectivity index (χ4v) is 3.33. The quantitative estimate of drug-likeness (QED) is 0.607. The molecule has 1 aliphatic rings. The summed E-state index contributed by atoms with van der Waals surface area (Å²) in [5.74, 6) is 0.417. The molecule has 0 saturated heterocycles. The van der Waals surface area contributed by atoms with E-state index in [1.807, 2.05) is 0 Å². The summed E-state index contributed by atoms with van der Waals surface area (Å²) in [6, 6.07) is 10.5. The molecule has 1 aromatic carbocycles. The zero-order valence-electron chi connectivity index (χ0n) is 12.4. The van der Waals surface area contributed by atoms with Crippen LogP contribution in [0.3, 0.4) is 0 Å². The minimum Gasteiger partial charge on any atom is -0.461 e. The van der Waals surface area contributed by atoms with Crippen LogP contribution >= 0.6 is 11.8 Å². The molecule has 0 amide bonds. The van der Waals surface area contributed by atoms with E-state index in [0.717, 1.165) is 25.7 Å². The second-order valence-corrected chi connectivity index (χ2v) is 6.63. The number of nitriles is 1. The number of benzene rings is 1. The highest BCUT2D eigenvalue weighted by atomic mass is 32.2. The molecule has 1 saturated carbocycles. The number of rotatable bonds is 5. The molecule has 0 aromatic heterocycles. The molecule has 0 N–H and O–H groups in total. The lowest BCUT2D eigenvalue weighted by Gasteiger charge is -2.26. The number of aryl methyl sites for hydroxylation is 1. The van der Waals surface area contributed by atoms with E-state index in [-0.39, 0.29) is 18.0 Å². The summed E-state index contributed by atoms with van der Waals surface area (Å²) >= 11 is 1.66. The van der Waals surface area contributed by atoms with Gasteiger partial charge in [-0.25, -0.2) is 0 Å². The first-order valence-corrected chi connectivity index (χ1v) is 8.46. The molecule has 0 spiro atoms. The molecule has 4 heteroatoms. The van der Waals surface area contributed by atoms with Crippen LogP contribution in [0.5, 0.6) is 0 Å². The maximum absolute atomic E-state index is 11.9. The Kier molecular flexibility index (Phi) is 6.13. The van der Waals surface area contributed by atoms with Gasteiger partial charge >= 0.3 is 5.97 Å². The Morgan fingerprint density at radius 3 is 2.76 bits per heavy atom. The summed E-state index contributed by atoms with van der Waals surface area (Å²) in [4.78, 5) is 13.0. The van der Waals surface area contributed by atoms with Crippen LogP contribution in [0.2, 0.25) is 0 Å². The molecule has 2 atom stereocenters. The van der Waals surface area contributed by atoms with E-state index in [9.17, 15) is 4.79 Å². The van der Waals surface area contributed by atoms with Crippen molar-refractivity contribution in [1.82, 2.24) is 0 Å². The molecule has 0 radical (unpaired) electrons. The van der Waals surface area contributed by atoms with E-state index >= 15 is 0 Å². The standard InChI is InChI=1S/C17H21NO2S/c1-13-6-8-15(9-7-13)21-11-10-17(19)20-16-5-3-2-4-14(16)12-18/h6-9,14,16H,2-5,10-11H2,1H3. The van der Waals surface area contributed by atoms with Gasteiger partial charge in [-0.1, -0.05) is 24.1 Å². The van der Waals surface area contributed by atoms with Crippen LogP contribution in [-0.2, 0) is 9.53 Å². The van der Waals surface area contributed by atoms with Crippen molar-refractivity contribution < 1.29 is 9.53 Å². The monoisotopic (exact) mass is 303 g/mol. The van der Waals surface area contributed by atoms with Gasteiger partial charge in [-0.05, 0) is 38.3 Å². The van der Waals surface area contributed by atoms with Crippen LogP contribution in [0.25, 0.3) is 0 Å². The highest BCUT2D eigenvalue weighted by Crippen LogP contribution is 2.27. The van der Waals surface area contributed by atoms with Crippen molar-refractivity contribution in [3.63, 3.8) is 0 Å². The van der Waals surface area contributed by atoms with E-state index in [1.165, 1.54) is 10.5 Å². The largest absolute Gasteiger partial charge is 0.461 e. The van der Waals surface area contributed by atoms with Crippen molar-refractivity contribution in [2.75, 3.05) is 5.75 Å². The molecular formula is C17H21NO2S. The lowest BCUT2D eigenvalue weighted by Crippen LogP contribution is -2.29. The summed E-state index contributed by atoms with van der Waals surface area (Å²) < 4.78 is 5.48. The SMILES string of the molecule is Cc1ccc(SCCC(=O)OC2CCCCC2C#N)cc1. The topological polar surface area (TPSA) is 50.1 Å². The number of esters is 1. The number of carbonyl (C=O) groups excluding carboxylic acids is 1. The van der Waals surface area contributed by atoms with Crippen molar-refractivity contribution in [1.29, 1.82) is 5.26 Å². The van der Waals surface area contributed by atoms with Crippen LogP contribution in [-0.4, -0.2) is 17.8 Å². The zero-order valence-corrected chi connectivity index (χ0v) is 13.2. The average Bonchev–Trinajstić information content (AvgIpc) is 2.50. The Bertz CT molecular complexity index is 507. The minimum atomic E-state index is -0.194. The van der Waals surface area contributed by atoms with Crippen molar-refractivity contribution in [2.45, 2.75) is 50.0 Å². The summed E-state index contributed by atoms with van der Waals surface area (Å²) in [5, 5.41) is 9.08. The summed E-state index contributed by atoms with van der Waals surface area (Å²) in [6.45, 7) is 2.06. The van der Waals surface area contributed by atoms with Gasteiger partial charge in [0.2, 0.25) is 0 Å². The molecule has 112 valence electrons. The highest BCUT2D eigenvalue weighted by molar-refractivity contribution is 7.99. The predicted octanol–water partition coefficient (Wildman–Crippen LogP) is 4.10. The van der Waals surface area contributed by atoms with Gasteiger partial charge in [-0.15, -0.1) is 11.8 Å². The molecule has 1 fully saturated rings. The Hall–Kier alpha value is -1.47. The minimum absolute atomic E-state index is 0.118. The Morgan fingerprint density at radius 1 is 1.33 bits per heavy atom. The smallest absolute Gasteiger partial charge is 0.306 e. The maximum atomic E-state index is 11.9. The van der Waals surface area contributed by atoms with Gasteiger partial charge in [0.25, 0.3) is 0 Å². The van der Waals surface area contributed by atoms with E-state index in [1.54, 1.807) is 11.8 Å². The molecule has 1 aromatic rings. The van der Waals surface area contributed by atoms with Gasteiger partial charge in [0.15, 0.2) is 0 Å². The number of hydrogen-bond donors (Lipinski definition) is 0. The average molecular weight is 303 g/mol. The molecule has 0 aliphatic heterocycles. The molecule has 1 aliphatic carbocycles. The van der Waals surface area contributed by atoms with Gasteiger partial charge < -0.3 is 4.74 Å². The fraction of sp³-hybridized carbons (Fsp3) is 0.529. The maximum Gasteiger partial charge on any atom is 0.306 e. The van der Waals surface area contributed by atoms with Crippen LogP contribution in [0.4, 0.5) is 0 Å². The van der Waals surface area contributed by atoms with Crippen molar-refractivity contribution in [3.05, 3.63) is 29.8 Å². The molecule has 3 nitrogen and oxygen atoms in total. The third-order valence-corrected chi connectivity index (χ3v) is 4.76. The normalized spacial score (nSPS) is 21.5. The number of hydrogen-bond acceptors (Lipinski definition) is 4. The number of carbonyl (C=O) groups is 1. The first-order valence-electron chi connectivity index (χ1n) is 7.47. The second kappa shape index (κ2) is 8.09. The second-order valence-electron chi connectivity index (χ2n) is 5.46. The first-order chi connectivity index (χ1) is 10.2. The van der Waals surface area contributed by atoms with E-state index in [2.05, 4.69) is 37.3 Å². The first kappa shape index (κ1) is 15.9. The molecular weight excluding hydrogens is 282 g/mol. The van der Waals surface area contributed by atoms with Crippen molar-refractivity contribution in [3.8, 4) is 6.07 Å². The lowest BCUT2D eigenvalue weighted by atomic mass is 9.87. The summed E-state index contributed by atoms with van der Waals surface area (Å²) in [7, 11) is 0. The summed E-state index contributed by atoms with van der Waals surface area (Å²) in [5.41, 5.74) is 1.23. The van der Waals surface area contributed by atoms with Crippen LogP contribution < -0.4 is 0 Å². The van der Waals surface area contributed by atoms with E-state index < -0.39 is 0 Å². The van der Waals surface area contributed by atoms with Gasteiger partial charge in [0.1, 0.15) is 6.10 Å². The van der Waals surface area contributed by atoms with E-state index in [4.69, 9.17) is 10.00 Å². The van der Waals surface area contributed by atoms with Gasteiger partial charge in [-0.3, -0.25) is 4.79 Å². The lowest BCUT2D eigenvalue weighted by molar-refractivity contribution is -0.151. The number of thioether (sulfide) groups is 1. The summed E-state index contributed by atoms with van der Waals surface area (Å²) in [6.07, 6.45) is 4.00. The van der Waals surface area contributed by atoms with Crippen LogP contribution in [0, 0.1) is 24.2 Å². The van der Waals surface area contributed by atoms with Gasteiger partial charge in [-0.2, -0.15) is 5.26 Å². The Morgan fingerprint density at radius 2 is 2.05 bits per heavy atom. The van der Waals surface area contributed by atoms with Crippen LogP contribution in [0.15, 0.2) is 29.2 Å². The Labute approximate surface area is 130 Å². The molecule has 21 heavy (non-hydrogen) atoms. The van der Waals surface area contributed by atoms with E-state index in [0.29, 0.717) is 12.2 Å². The highest BCUT2D eigenvalue weighted by Gasteiger charge is 2.27. The Balaban J connectivity index is 1.72. The third-order valence-electron chi connectivity index (χ3n) is 3.75. The van der Waals surface area contributed by atoms with Crippen LogP contribution in [0.1, 0.15) is 37.7 Å². The third kappa shape index (κ3) is 5.09. The van der Waals surface area contributed by atoms with Crippen molar-refractivity contribution >= 4 is 17.7 Å². The van der Waals surface area contributed by atoms with Crippen molar-refractivity contribution in [2.24, 2.45) is 5.92 Å². The molecule has 2 rings (SSSR count). The fourth-order valence-electron chi connectivity index (χ4n) is 2.50. The van der Waals surface area contributed by atoms with Gasteiger partial charge in [0.05, 0.1) is 18.4 Å².